The van der Waals surface area contributed by atoms with Crippen molar-refractivity contribution in [1.29, 1.82) is 0 Å². The summed E-state index contributed by atoms with van der Waals surface area (Å²) in [5, 5.41) is 2.87. The first-order chi connectivity index (χ1) is 17.5. The van der Waals surface area contributed by atoms with Crippen LogP contribution in [0.5, 0.6) is 0 Å². The highest BCUT2D eigenvalue weighted by molar-refractivity contribution is 6.36. The van der Waals surface area contributed by atoms with Gasteiger partial charge in [0, 0.05) is 30.8 Å². The van der Waals surface area contributed by atoms with E-state index in [-0.39, 0.29) is 24.0 Å². The smallest absolute Gasteiger partial charge is 0.331 e. The SMILES string of the molecule is CC(C)CC(=O)C(=O)N1CCc2cc(NC(=O)c3ccccc3-c3ccc(C(F)(F)F)cc3)ccc2C1. The standard InChI is InChI=1S/C29H27F3N2O3/c1-18(2)15-26(35)28(37)34-14-13-20-16-23(12-9-21(20)17-34)33-27(36)25-6-4-3-5-24(25)19-7-10-22(11-8-19)29(30,31)32/h3-12,16,18H,13-15,17H2,1-2H3,(H,33,36). The quantitative estimate of drug-likeness (QED) is 0.408. The highest BCUT2D eigenvalue weighted by Crippen LogP contribution is 2.32. The van der Waals surface area contributed by atoms with Crippen LogP contribution < -0.4 is 5.32 Å². The number of hydrogen-bond acceptors (Lipinski definition) is 3. The Morgan fingerprint density at radius 3 is 2.32 bits per heavy atom. The summed E-state index contributed by atoms with van der Waals surface area (Å²) in [6, 6.07) is 16.9. The van der Waals surface area contributed by atoms with Gasteiger partial charge in [-0.2, -0.15) is 13.2 Å². The van der Waals surface area contributed by atoms with E-state index in [1.165, 1.54) is 12.1 Å². The molecule has 0 aromatic heterocycles. The van der Waals surface area contributed by atoms with Crippen LogP contribution in [0.3, 0.4) is 0 Å². The predicted molar refractivity (Wildman–Crippen MR) is 135 cm³/mol. The van der Waals surface area contributed by atoms with Crippen LogP contribution >= 0.6 is 0 Å². The third kappa shape index (κ3) is 6.07. The molecule has 1 aliphatic heterocycles. The maximum atomic E-state index is 13.1. The van der Waals surface area contributed by atoms with Crippen LogP contribution in [0.2, 0.25) is 0 Å². The molecular weight excluding hydrogens is 481 g/mol. The largest absolute Gasteiger partial charge is 0.416 e. The maximum absolute atomic E-state index is 13.1. The number of Topliss-reactive ketones (excluding diaryl/α,β-unsaturated/α-hetero) is 1. The molecule has 0 aliphatic carbocycles. The average Bonchev–Trinajstić information content (AvgIpc) is 2.87. The van der Waals surface area contributed by atoms with E-state index in [1.807, 2.05) is 26.0 Å². The number of benzene rings is 3. The fourth-order valence-electron chi connectivity index (χ4n) is 4.41. The molecule has 0 saturated carbocycles. The normalized spacial score (nSPS) is 13.3. The molecule has 0 bridgehead atoms. The zero-order valence-corrected chi connectivity index (χ0v) is 20.6. The first-order valence-electron chi connectivity index (χ1n) is 12.0. The Hall–Kier alpha value is -3.94. The van der Waals surface area contributed by atoms with Crippen LogP contribution in [0.4, 0.5) is 18.9 Å². The summed E-state index contributed by atoms with van der Waals surface area (Å²) in [6.07, 6.45) is -3.65. The first kappa shape index (κ1) is 26.1. The number of carbonyl (C=O) groups is 3. The van der Waals surface area contributed by atoms with Crippen molar-refractivity contribution in [3.8, 4) is 11.1 Å². The van der Waals surface area contributed by atoms with Crippen LogP contribution in [-0.2, 0) is 28.7 Å². The summed E-state index contributed by atoms with van der Waals surface area (Å²) in [5.74, 6) is -1.11. The van der Waals surface area contributed by atoms with Crippen molar-refractivity contribution in [2.45, 2.75) is 39.4 Å². The van der Waals surface area contributed by atoms with Gasteiger partial charge in [-0.3, -0.25) is 14.4 Å². The molecule has 0 radical (unpaired) electrons. The Balaban J connectivity index is 1.48. The number of amides is 2. The second-order valence-corrected chi connectivity index (χ2v) is 9.56. The zero-order chi connectivity index (χ0) is 26.7. The summed E-state index contributed by atoms with van der Waals surface area (Å²) >= 11 is 0. The Kier molecular flexibility index (Phi) is 7.47. The second kappa shape index (κ2) is 10.6. The fourth-order valence-corrected chi connectivity index (χ4v) is 4.41. The Morgan fingerprint density at radius 1 is 0.946 bits per heavy atom. The van der Waals surface area contributed by atoms with Gasteiger partial charge in [-0.25, -0.2) is 0 Å². The lowest BCUT2D eigenvalue weighted by atomic mass is 9.97. The molecule has 0 fully saturated rings. The summed E-state index contributed by atoms with van der Waals surface area (Å²) in [7, 11) is 0. The van der Waals surface area contributed by atoms with Crippen LogP contribution in [0, 0.1) is 5.92 Å². The van der Waals surface area contributed by atoms with Gasteiger partial charge in [0.2, 0.25) is 5.78 Å². The van der Waals surface area contributed by atoms with Crippen LogP contribution in [0.25, 0.3) is 11.1 Å². The molecule has 1 N–H and O–H groups in total. The van der Waals surface area contributed by atoms with E-state index in [0.29, 0.717) is 41.9 Å². The highest BCUT2D eigenvalue weighted by Gasteiger charge is 2.30. The van der Waals surface area contributed by atoms with Gasteiger partial charge in [0.05, 0.1) is 5.56 Å². The van der Waals surface area contributed by atoms with Gasteiger partial charge >= 0.3 is 6.18 Å². The topological polar surface area (TPSA) is 66.5 Å². The van der Waals surface area contributed by atoms with E-state index in [4.69, 9.17) is 0 Å². The van der Waals surface area contributed by atoms with E-state index in [1.54, 1.807) is 35.2 Å². The minimum absolute atomic E-state index is 0.115. The Labute approximate surface area is 213 Å². The minimum atomic E-state index is -4.43. The summed E-state index contributed by atoms with van der Waals surface area (Å²) < 4.78 is 38.8. The van der Waals surface area contributed by atoms with Crippen LogP contribution in [-0.4, -0.2) is 29.0 Å². The van der Waals surface area contributed by atoms with Gasteiger partial charge in [0.15, 0.2) is 0 Å². The number of anilines is 1. The predicted octanol–water partition coefficient (Wildman–Crippen LogP) is 6.12. The van der Waals surface area contributed by atoms with Crippen molar-refractivity contribution >= 4 is 23.3 Å². The van der Waals surface area contributed by atoms with Crippen molar-refractivity contribution in [2.24, 2.45) is 5.92 Å². The third-order valence-electron chi connectivity index (χ3n) is 6.29. The number of nitrogens with one attached hydrogen (secondary N) is 1. The van der Waals surface area contributed by atoms with Crippen LogP contribution in [0.15, 0.2) is 66.7 Å². The van der Waals surface area contributed by atoms with E-state index in [2.05, 4.69) is 5.32 Å². The molecule has 37 heavy (non-hydrogen) atoms. The van der Waals surface area contributed by atoms with Crippen molar-refractivity contribution < 1.29 is 27.6 Å². The Bertz CT molecular complexity index is 1330. The number of rotatable bonds is 6. The number of alkyl halides is 3. The van der Waals surface area contributed by atoms with Crippen molar-refractivity contribution in [1.82, 2.24) is 4.90 Å². The molecule has 0 atom stereocenters. The van der Waals surface area contributed by atoms with Gasteiger partial charge in [-0.15, -0.1) is 0 Å². The molecule has 1 heterocycles. The number of hydrogen-bond donors (Lipinski definition) is 1. The van der Waals surface area contributed by atoms with E-state index in [9.17, 15) is 27.6 Å². The van der Waals surface area contributed by atoms with Crippen molar-refractivity contribution in [2.75, 3.05) is 11.9 Å². The lowest BCUT2D eigenvalue weighted by Gasteiger charge is -2.29. The molecule has 0 spiro atoms. The second-order valence-electron chi connectivity index (χ2n) is 9.56. The van der Waals surface area contributed by atoms with E-state index in [0.717, 1.165) is 23.3 Å². The summed E-state index contributed by atoms with van der Waals surface area (Å²) in [4.78, 5) is 39.4. The monoisotopic (exact) mass is 508 g/mol. The third-order valence-corrected chi connectivity index (χ3v) is 6.29. The molecule has 192 valence electrons. The molecule has 0 saturated heterocycles. The molecule has 3 aromatic rings. The van der Waals surface area contributed by atoms with Gasteiger partial charge in [0.1, 0.15) is 0 Å². The van der Waals surface area contributed by atoms with Crippen LogP contribution in [0.1, 0.15) is 47.3 Å². The van der Waals surface area contributed by atoms with Gasteiger partial charge < -0.3 is 10.2 Å². The zero-order valence-electron chi connectivity index (χ0n) is 20.6. The van der Waals surface area contributed by atoms with Crippen molar-refractivity contribution in [3.63, 3.8) is 0 Å². The van der Waals surface area contributed by atoms with Gasteiger partial charge in [-0.05, 0) is 64.9 Å². The molecule has 5 nitrogen and oxygen atoms in total. The highest BCUT2D eigenvalue weighted by atomic mass is 19.4. The molecule has 1 aliphatic rings. The lowest BCUT2D eigenvalue weighted by molar-refractivity contribution is -0.145. The average molecular weight is 509 g/mol. The summed E-state index contributed by atoms with van der Waals surface area (Å²) in [5.41, 5.74) is 3.07. The lowest BCUT2D eigenvalue weighted by Crippen LogP contribution is -2.40. The molecule has 2 amide bonds. The van der Waals surface area contributed by atoms with Gasteiger partial charge in [-0.1, -0.05) is 50.2 Å². The van der Waals surface area contributed by atoms with Gasteiger partial charge in [0.25, 0.3) is 11.8 Å². The Morgan fingerprint density at radius 2 is 1.65 bits per heavy atom. The molecule has 8 heteroatoms. The molecule has 3 aromatic carbocycles. The number of halogens is 3. The first-order valence-corrected chi connectivity index (χ1v) is 12.0. The minimum Gasteiger partial charge on any atom is -0.331 e. The maximum Gasteiger partial charge on any atom is 0.416 e. The molecular formula is C29H27F3N2O3. The number of ketones is 1. The fraction of sp³-hybridized carbons (Fsp3) is 0.276. The number of nitrogens with zero attached hydrogens (tertiary/aromatic N) is 1. The van der Waals surface area contributed by atoms with E-state index < -0.39 is 17.6 Å². The van der Waals surface area contributed by atoms with Crippen molar-refractivity contribution in [3.05, 3.63) is 89.0 Å². The molecule has 4 rings (SSSR count). The molecule has 0 unspecified atom stereocenters. The number of fused-ring (bicyclic) bond motifs is 1. The number of carbonyl (C=O) groups excluding carboxylic acids is 3. The summed E-state index contributed by atoms with van der Waals surface area (Å²) in [6.45, 7) is 4.55. The van der Waals surface area contributed by atoms with E-state index >= 15 is 0 Å².